The lowest BCUT2D eigenvalue weighted by Crippen LogP contribution is -2.09. The molecule has 32 heavy (non-hydrogen) atoms. The van der Waals surface area contributed by atoms with E-state index in [1.807, 2.05) is 13.8 Å². The highest BCUT2D eigenvalue weighted by atomic mass is 19.4. The summed E-state index contributed by atoms with van der Waals surface area (Å²) in [5.41, 5.74) is 1.25. The number of aromatic nitrogens is 3. The van der Waals surface area contributed by atoms with Crippen LogP contribution in [0, 0.1) is 0 Å². The molecule has 9 heteroatoms. The van der Waals surface area contributed by atoms with Gasteiger partial charge in [0.15, 0.2) is 0 Å². The Bertz CT molecular complexity index is 1280. The third kappa shape index (κ3) is 4.14. The monoisotopic (exact) mass is 441 g/mol. The maximum atomic E-state index is 12.8. The lowest BCUT2D eigenvalue weighted by molar-refractivity contribution is -0.137. The highest BCUT2D eigenvalue weighted by Crippen LogP contribution is 2.32. The molecule has 3 aromatic heterocycles. The molecule has 0 aliphatic carbocycles. The molecule has 0 bridgehead atoms. The number of aromatic carboxylic acids is 1. The van der Waals surface area contributed by atoms with Gasteiger partial charge >= 0.3 is 12.1 Å². The Morgan fingerprint density at radius 1 is 1.03 bits per heavy atom. The van der Waals surface area contributed by atoms with Gasteiger partial charge in [0.25, 0.3) is 0 Å². The first-order valence-electron chi connectivity index (χ1n) is 9.69. The van der Waals surface area contributed by atoms with Gasteiger partial charge in [-0.2, -0.15) is 13.2 Å². The number of pyridine rings is 2. The van der Waals surface area contributed by atoms with Crippen LogP contribution in [-0.4, -0.2) is 31.7 Å². The van der Waals surface area contributed by atoms with Gasteiger partial charge in [-0.15, -0.1) is 0 Å². The number of carbonyl (C=O) groups is 1. The maximum Gasteiger partial charge on any atom is 0.417 e. The Labute approximate surface area is 180 Å². The van der Waals surface area contributed by atoms with Gasteiger partial charge in [0.1, 0.15) is 5.69 Å². The maximum absolute atomic E-state index is 12.8. The minimum absolute atomic E-state index is 0.0249. The molecule has 4 rings (SSSR count). The van der Waals surface area contributed by atoms with Gasteiger partial charge in [0, 0.05) is 23.2 Å². The van der Waals surface area contributed by atoms with Gasteiger partial charge in [0.05, 0.1) is 34.8 Å². The molecule has 3 heterocycles. The Balaban J connectivity index is 1.76. The van der Waals surface area contributed by atoms with E-state index in [9.17, 15) is 23.1 Å². The Morgan fingerprint density at radius 2 is 1.81 bits per heavy atom. The standard InChI is InChI=1S/C23H18F3N3O3/c1-13(2)32-21-8-5-17(12-28-21)29-19-7-3-14(9-15(19)10-20(29)22(30)31)18-6-4-16(11-27-18)23(24,25)26/h3-13H,1-2H3,(H,30,31). The van der Waals surface area contributed by atoms with Crippen molar-refractivity contribution in [3.8, 4) is 22.8 Å². The minimum Gasteiger partial charge on any atom is -0.477 e. The Hall–Kier alpha value is -3.88. The van der Waals surface area contributed by atoms with E-state index in [1.165, 1.54) is 18.3 Å². The molecule has 0 unspecified atom stereocenters. The normalized spacial score (nSPS) is 11.8. The molecular formula is C23H18F3N3O3. The van der Waals surface area contributed by atoms with Crippen molar-refractivity contribution in [2.24, 2.45) is 0 Å². The summed E-state index contributed by atoms with van der Waals surface area (Å²) < 4.78 is 45.5. The highest BCUT2D eigenvalue weighted by molar-refractivity contribution is 5.97. The number of fused-ring (bicyclic) bond motifs is 1. The summed E-state index contributed by atoms with van der Waals surface area (Å²) in [6.07, 6.45) is -2.21. The average Bonchev–Trinajstić information content (AvgIpc) is 3.12. The SMILES string of the molecule is CC(C)Oc1ccc(-n2c(C(=O)O)cc3cc(-c4ccc(C(F)(F)F)cn4)ccc32)cn1. The predicted molar refractivity (Wildman–Crippen MR) is 112 cm³/mol. The van der Waals surface area contributed by atoms with Crippen LogP contribution in [0.4, 0.5) is 13.2 Å². The second kappa shape index (κ2) is 7.99. The number of rotatable bonds is 5. The van der Waals surface area contributed by atoms with E-state index >= 15 is 0 Å². The number of carboxylic acids is 1. The fraction of sp³-hybridized carbons (Fsp3) is 0.174. The van der Waals surface area contributed by atoms with Crippen molar-refractivity contribution in [3.05, 3.63) is 72.2 Å². The fourth-order valence-corrected chi connectivity index (χ4v) is 3.36. The molecule has 164 valence electrons. The summed E-state index contributed by atoms with van der Waals surface area (Å²) >= 11 is 0. The third-order valence-electron chi connectivity index (χ3n) is 4.74. The van der Waals surface area contributed by atoms with E-state index in [0.717, 1.165) is 12.3 Å². The second-order valence-electron chi connectivity index (χ2n) is 7.39. The number of halogens is 3. The Morgan fingerprint density at radius 3 is 2.38 bits per heavy atom. The largest absolute Gasteiger partial charge is 0.477 e. The molecule has 0 saturated heterocycles. The molecule has 0 aliphatic heterocycles. The van der Waals surface area contributed by atoms with Crippen molar-refractivity contribution in [3.63, 3.8) is 0 Å². The van der Waals surface area contributed by atoms with E-state index < -0.39 is 17.7 Å². The van der Waals surface area contributed by atoms with Crippen LogP contribution in [0.25, 0.3) is 27.8 Å². The number of carboxylic acid groups (broad SMARTS) is 1. The lowest BCUT2D eigenvalue weighted by atomic mass is 10.1. The number of hydrogen-bond acceptors (Lipinski definition) is 4. The molecule has 4 aromatic rings. The zero-order valence-corrected chi connectivity index (χ0v) is 17.1. The summed E-state index contributed by atoms with van der Waals surface area (Å²) in [6, 6.07) is 12.2. The molecule has 0 atom stereocenters. The first kappa shape index (κ1) is 21.4. The van der Waals surface area contributed by atoms with E-state index in [0.29, 0.717) is 33.7 Å². The molecule has 0 fully saturated rings. The third-order valence-corrected chi connectivity index (χ3v) is 4.74. The van der Waals surface area contributed by atoms with E-state index in [1.54, 1.807) is 34.9 Å². The van der Waals surface area contributed by atoms with Gasteiger partial charge in [-0.3, -0.25) is 4.98 Å². The minimum atomic E-state index is -4.47. The lowest BCUT2D eigenvalue weighted by Gasteiger charge is -2.11. The fourth-order valence-electron chi connectivity index (χ4n) is 3.36. The number of hydrogen-bond donors (Lipinski definition) is 1. The molecule has 1 N–H and O–H groups in total. The van der Waals surface area contributed by atoms with Crippen LogP contribution in [0.5, 0.6) is 5.88 Å². The summed E-state index contributed by atoms with van der Waals surface area (Å²) in [7, 11) is 0. The molecule has 0 spiro atoms. The second-order valence-corrected chi connectivity index (χ2v) is 7.39. The van der Waals surface area contributed by atoms with Gasteiger partial charge in [-0.25, -0.2) is 9.78 Å². The number of nitrogens with zero attached hydrogens (tertiary/aromatic N) is 3. The summed E-state index contributed by atoms with van der Waals surface area (Å²) in [5.74, 6) is -0.703. The molecule has 0 aliphatic rings. The van der Waals surface area contributed by atoms with Crippen molar-refractivity contribution in [1.29, 1.82) is 0 Å². The predicted octanol–water partition coefficient (Wildman–Crippen LogP) is 5.59. The first-order chi connectivity index (χ1) is 15.1. The van der Waals surface area contributed by atoms with Gasteiger partial charge in [-0.05, 0) is 50.2 Å². The smallest absolute Gasteiger partial charge is 0.417 e. The van der Waals surface area contributed by atoms with Gasteiger partial charge in [-0.1, -0.05) is 6.07 Å². The average molecular weight is 441 g/mol. The van der Waals surface area contributed by atoms with Gasteiger partial charge < -0.3 is 14.4 Å². The zero-order chi connectivity index (χ0) is 23.0. The van der Waals surface area contributed by atoms with Crippen molar-refractivity contribution >= 4 is 16.9 Å². The van der Waals surface area contributed by atoms with E-state index in [4.69, 9.17) is 4.74 Å². The summed E-state index contributed by atoms with van der Waals surface area (Å²) in [4.78, 5) is 20.0. The summed E-state index contributed by atoms with van der Waals surface area (Å²) in [5, 5.41) is 10.3. The zero-order valence-electron chi connectivity index (χ0n) is 17.1. The van der Waals surface area contributed by atoms with Crippen molar-refractivity contribution < 1.29 is 27.8 Å². The molecular weight excluding hydrogens is 423 g/mol. The molecule has 0 radical (unpaired) electrons. The van der Waals surface area contributed by atoms with Crippen LogP contribution in [0.3, 0.4) is 0 Å². The van der Waals surface area contributed by atoms with E-state index in [2.05, 4.69) is 9.97 Å². The quantitative estimate of drug-likeness (QED) is 0.437. The highest BCUT2D eigenvalue weighted by Gasteiger charge is 2.30. The number of alkyl halides is 3. The number of benzene rings is 1. The summed E-state index contributed by atoms with van der Waals surface area (Å²) in [6.45, 7) is 3.75. The van der Waals surface area contributed by atoms with E-state index in [-0.39, 0.29) is 11.8 Å². The van der Waals surface area contributed by atoms with Gasteiger partial charge in [0.2, 0.25) is 5.88 Å². The van der Waals surface area contributed by atoms with Crippen molar-refractivity contribution in [2.75, 3.05) is 0 Å². The number of ether oxygens (including phenoxy) is 1. The van der Waals surface area contributed by atoms with Crippen LogP contribution in [-0.2, 0) is 6.18 Å². The van der Waals surface area contributed by atoms with Crippen molar-refractivity contribution in [1.82, 2.24) is 14.5 Å². The molecule has 1 aromatic carbocycles. The van der Waals surface area contributed by atoms with Crippen molar-refractivity contribution in [2.45, 2.75) is 26.1 Å². The molecule has 0 saturated carbocycles. The first-order valence-corrected chi connectivity index (χ1v) is 9.69. The molecule has 0 amide bonds. The van der Waals surface area contributed by atoms with Crippen LogP contribution < -0.4 is 4.74 Å². The van der Waals surface area contributed by atoms with Crippen LogP contribution in [0.2, 0.25) is 0 Å². The Kier molecular flexibility index (Phi) is 5.33. The van der Waals surface area contributed by atoms with Crippen LogP contribution in [0.15, 0.2) is 60.9 Å². The topological polar surface area (TPSA) is 77.2 Å². The van der Waals surface area contributed by atoms with Crippen LogP contribution in [0.1, 0.15) is 29.9 Å². The van der Waals surface area contributed by atoms with Crippen LogP contribution >= 0.6 is 0 Å². The molecule has 6 nitrogen and oxygen atoms in total.